The van der Waals surface area contributed by atoms with Gasteiger partial charge in [0, 0.05) is 6.04 Å². The highest BCUT2D eigenvalue weighted by Crippen LogP contribution is 2.37. The lowest BCUT2D eigenvalue weighted by atomic mass is 10.0. The maximum Gasteiger partial charge on any atom is 0.320 e. The van der Waals surface area contributed by atoms with Crippen LogP contribution in [0.4, 0.5) is 0 Å². The fraction of sp³-hybridized carbons (Fsp3) is 0.562. The van der Waals surface area contributed by atoms with Crippen LogP contribution in [-0.2, 0) is 9.53 Å². The molecule has 5 heteroatoms. The van der Waals surface area contributed by atoms with Crippen LogP contribution in [0.3, 0.4) is 0 Å². The van der Waals surface area contributed by atoms with E-state index in [0.29, 0.717) is 26.4 Å². The number of benzene rings is 1. The summed E-state index contributed by atoms with van der Waals surface area (Å²) in [6.45, 7) is 4.74. The Labute approximate surface area is 124 Å². The van der Waals surface area contributed by atoms with Crippen LogP contribution in [0.25, 0.3) is 0 Å². The summed E-state index contributed by atoms with van der Waals surface area (Å²) in [7, 11) is 0. The molecule has 1 aromatic carbocycles. The van der Waals surface area contributed by atoms with Gasteiger partial charge in [0.25, 0.3) is 0 Å². The van der Waals surface area contributed by atoms with Crippen molar-refractivity contribution in [2.75, 3.05) is 32.9 Å². The number of ether oxygens (including phenoxy) is 3. The van der Waals surface area contributed by atoms with E-state index >= 15 is 0 Å². The summed E-state index contributed by atoms with van der Waals surface area (Å²) in [5.74, 6) is 1.46. The van der Waals surface area contributed by atoms with Gasteiger partial charge >= 0.3 is 5.97 Å². The van der Waals surface area contributed by atoms with Gasteiger partial charge in [0.05, 0.1) is 13.2 Å². The van der Waals surface area contributed by atoms with E-state index < -0.39 is 0 Å². The molecule has 1 fully saturated rings. The molecule has 0 unspecified atom stereocenters. The summed E-state index contributed by atoms with van der Waals surface area (Å²) in [6.07, 6.45) is 2.15. The van der Waals surface area contributed by atoms with Gasteiger partial charge in [-0.15, -0.1) is 0 Å². The van der Waals surface area contributed by atoms with Crippen LogP contribution in [0.1, 0.15) is 31.4 Å². The monoisotopic (exact) mass is 291 g/mol. The number of carbonyl (C=O) groups excluding carboxylic acids is 1. The Bertz CT molecular complexity index is 517. The topological polar surface area (TPSA) is 48.0 Å². The van der Waals surface area contributed by atoms with Crippen LogP contribution in [0.5, 0.6) is 11.5 Å². The summed E-state index contributed by atoms with van der Waals surface area (Å²) < 4.78 is 16.2. The number of fused-ring (bicyclic) bond motifs is 1. The second kappa shape index (κ2) is 6.35. The van der Waals surface area contributed by atoms with Crippen molar-refractivity contribution in [1.29, 1.82) is 0 Å². The molecule has 0 aliphatic carbocycles. The molecule has 0 radical (unpaired) electrons. The quantitative estimate of drug-likeness (QED) is 0.796. The molecule has 0 bridgehead atoms. The summed E-state index contributed by atoms with van der Waals surface area (Å²) in [5, 5.41) is 0. The first-order valence-corrected chi connectivity index (χ1v) is 7.57. The zero-order valence-electron chi connectivity index (χ0n) is 12.3. The van der Waals surface area contributed by atoms with E-state index in [2.05, 4.69) is 11.0 Å². The van der Waals surface area contributed by atoms with Crippen molar-refractivity contribution in [1.82, 2.24) is 4.90 Å². The fourth-order valence-electron chi connectivity index (χ4n) is 3.03. The molecule has 2 aliphatic heterocycles. The van der Waals surface area contributed by atoms with Crippen molar-refractivity contribution in [2.45, 2.75) is 25.8 Å². The van der Waals surface area contributed by atoms with Gasteiger partial charge in [-0.1, -0.05) is 6.07 Å². The maximum absolute atomic E-state index is 11.7. The first kappa shape index (κ1) is 14.2. The Hall–Kier alpha value is -1.75. The van der Waals surface area contributed by atoms with Gasteiger partial charge in [0.2, 0.25) is 0 Å². The molecule has 2 heterocycles. The third-order valence-corrected chi connectivity index (χ3v) is 3.95. The number of nitrogens with zero attached hydrogens (tertiary/aromatic N) is 1. The van der Waals surface area contributed by atoms with Crippen molar-refractivity contribution in [3.05, 3.63) is 23.8 Å². The number of esters is 1. The molecule has 114 valence electrons. The molecule has 1 atom stereocenters. The first-order valence-electron chi connectivity index (χ1n) is 7.57. The van der Waals surface area contributed by atoms with Gasteiger partial charge in [0.1, 0.15) is 13.2 Å². The Morgan fingerprint density at radius 2 is 2.14 bits per heavy atom. The standard InChI is InChI=1S/C16H21NO4/c1-2-19-16(18)11-17-7-3-4-13(17)12-5-6-14-15(10-12)21-9-8-20-14/h5-6,10,13H,2-4,7-9,11H2,1H3/t13-/m0/s1. The summed E-state index contributed by atoms with van der Waals surface area (Å²) >= 11 is 0. The van der Waals surface area contributed by atoms with Crippen LogP contribution in [0, 0.1) is 0 Å². The van der Waals surface area contributed by atoms with E-state index in [1.54, 1.807) is 0 Å². The van der Waals surface area contributed by atoms with E-state index in [1.807, 2.05) is 19.1 Å². The van der Waals surface area contributed by atoms with Crippen LogP contribution < -0.4 is 9.47 Å². The number of likely N-dealkylation sites (tertiary alicyclic amines) is 1. The van der Waals surface area contributed by atoms with E-state index in [0.717, 1.165) is 30.9 Å². The van der Waals surface area contributed by atoms with Gasteiger partial charge in [-0.3, -0.25) is 9.69 Å². The SMILES string of the molecule is CCOC(=O)CN1CCC[C@H]1c1ccc2c(c1)OCCO2. The van der Waals surface area contributed by atoms with Crippen molar-refractivity contribution in [3.8, 4) is 11.5 Å². The number of hydrogen-bond acceptors (Lipinski definition) is 5. The van der Waals surface area contributed by atoms with Crippen molar-refractivity contribution < 1.29 is 19.0 Å². The maximum atomic E-state index is 11.7. The minimum Gasteiger partial charge on any atom is -0.486 e. The molecule has 3 rings (SSSR count). The molecule has 0 N–H and O–H groups in total. The summed E-state index contributed by atoms with van der Waals surface area (Å²) in [5.41, 5.74) is 1.18. The van der Waals surface area contributed by atoms with Crippen molar-refractivity contribution in [3.63, 3.8) is 0 Å². The number of rotatable bonds is 4. The lowest BCUT2D eigenvalue weighted by molar-refractivity contribution is -0.144. The Kier molecular flexibility index (Phi) is 4.29. The molecular formula is C16H21NO4. The first-order chi connectivity index (χ1) is 10.3. The highest BCUT2D eigenvalue weighted by atomic mass is 16.6. The highest BCUT2D eigenvalue weighted by Gasteiger charge is 2.29. The third kappa shape index (κ3) is 3.13. The molecule has 0 saturated carbocycles. The van der Waals surface area contributed by atoms with Crippen LogP contribution >= 0.6 is 0 Å². The largest absolute Gasteiger partial charge is 0.486 e. The van der Waals surface area contributed by atoms with E-state index in [1.165, 1.54) is 5.56 Å². The Balaban J connectivity index is 1.74. The lowest BCUT2D eigenvalue weighted by Crippen LogP contribution is -2.30. The summed E-state index contributed by atoms with van der Waals surface area (Å²) in [6, 6.07) is 6.33. The predicted octanol–water partition coefficient (Wildman–Crippen LogP) is 2.16. The second-order valence-corrected chi connectivity index (χ2v) is 5.34. The third-order valence-electron chi connectivity index (χ3n) is 3.95. The average Bonchev–Trinajstić information content (AvgIpc) is 2.95. The van der Waals surface area contributed by atoms with Crippen LogP contribution in [0.2, 0.25) is 0 Å². The Morgan fingerprint density at radius 3 is 2.95 bits per heavy atom. The number of carbonyl (C=O) groups is 1. The molecule has 5 nitrogen and oxygen atoms in total. The normalized spacial score (nSPS) is 21.3. The molecule has 1 aromatic rings. The van der Waals surface area contributed by atoms with Crippen molar-refractivity contribution in [2.24, 2.45) is 0 Å². The smallest absolute Gasteiger partial charge is 0.320 e. The fourth-order valence-corrected chi connectivity index (χ4v) is 3.03. The van der Waals surface area contributed by atoms with Crippen molar-refractivity contribution >= 4 is 5.97 Å². The average molecular weight is 291 g/mol. The molecule has 0 aromatic heterocycles. The van der Waals surface area contributed by atoms with Crippen LogP contribution in [-0.4, -0.2) is 43.8 Å². The highest BCUT2D eigenvalue weighted by molar-refractivity contribution is 5.71. The zero-order valence-corrected chi connectivity index (χ0v) is 12.3. The molecular weight excluding hydrogens is 270 g/mol. The van der Waals surface area contributed by atoms with Gasteiger partial charge in [-0.05, 0) is 44.0 Å². The molecule has 1 saturated heterocycles. The van der Waals surface area contributed by atoms with Gasteiger partial charge in [-0.25, -0.2) is 0 Å². The van der Waals surface area contributed by atoms with Gasteiger partial charge in [-0.2, -0.15) is 0 Å². The Morgan fingerprint density at radius 1 is 1.33 bits per heavy atom. The minimum absolute atomic E-state index is 0.151. The predicted molar refractivity (Wildman–Crippen MR) is 77.6 cm³/mol. The molecule has 0 spiro atoms. The van der Waals surface area contributed by atoms with Gasteiger partial charge in [0.15, 0.2) is 11.5 Å². The minimum atomic E-state index is -0.151. The van der Waals surface area contributed by atoms with Gasteiger partial charge < -0.3 is 14.2 Å². The zero-order chi connectivity index (χ0) is 14.7. The van der Waals surface area contributed by atoms with E-state index in [9.17, 15) is 4.79 Å². The van der Waals surface area contributed by atoms with E-state index in [-0.39, 0.29) is 12.0 Å². The summed E-state index contributed by atoms with van der Waals surface area (Å²) in [4.78, 5) is 13.9. The number of hydrogen-bond donors (Lipinski definition) is 0. The second-order valence-electron chi connectivity index (χ2n) is 5.34. The molecule has 0 amide bonds. The molecule has 21 heavy (non-hydrogen) atoms. The molecule has 2 aliphatic rings. The lowest BCUT2D eigenvalue weighted by Gasteiger charge is -2.25. The van der Waals surface area contributed by atoms with Crippen LogP contribution in [0.15, 0.2) is 18.2 Å². The van der Waals surface area contributed by atoms with E-state index in [4.69, 9.17) is 14.2 Å².